The van der Waals surface area contributed by atoms with Crippen molar-refractivity contribution < 1.29 is 0 Å². The molecule has 0 bridgehead atoms. The second-order valence-electron chi connectivity index (χ2n) is 2.88. The van der Waals surface area contributed by atoms with E-state index in [1.807, 2.05) is 32.1 Å². The highest BCUT2D eigenvalue weighted by Crippen LogP contribution is 2.22. The van der Waals surface area contributed by atoms with Gasteiger partial charge in [-0.15, -0.1) is 0 Å². The normalized spacial score (nSPS) is 10.4. The van der Waals surface area contributed by atoms with Gasteiger partial charge in [0.2, 0.25) is 0 Å². The van der Waals surface area contributed by atoms with Crippen LogP contribution in [0.2, 0.25) is 5.02 Å². The minimum Gasteiger partial charge on any atom is -0.220 e. The zero-order valence-electron chi connectivity index (χ0n) is 7.70. The van der Waals surface area contributed by atoms with Gasteiger partial charge >= 0.3 is 0 Å². The first-order valence-electron chi connectivity index (χ1n) is 4.38. The van der Waals surface area contributed by atoms with E-state index < -0.39 is 0 Å². The molecule has 0 radical (unpaired) electrons. The van der Waals surface area contributed by atoms with E-state index in [1.54, 1.807) is 0 Å². The fourth-order valence-electron chi connectivity index (χ4n) is 1.11. The number of benzene rings is 1. The second kappa shape index (κ2) is 4.11. The second-order valence-corrected chi connectivity index (χ2v) is 4.06. The summed E-state index contributed by atoms with van der Waals surface area (Å²) >= 11 is 7.23. The topological polar surface area (TPSA) is 25.8 Å². The van der Waals surface area contributed by atoms with E-state index >= 15 is 0 Å². The Balaban J connectivity index is 2.34. The van der Waals surface area contributed by atoms with Crippen molar-refractivity contribution in [1.29, 1.82) is 0 Å². The van der Waals surface area contributed by atoms with E-state index in [2.05, 4.69) is 9.36 Å². The summed E-state index contributed by atoms with van der Waals surface area (Å²) in [5, 5.41) is 1.70. The van der Waals surface area contributed by atoms with Crippen molar-refractivity contribution in [2.45, 2.75) is 6.32 Å². The third-order valence-electron chi connectivity index (χ3n) is 1.88. The summed E-state index contributed by atoms with van der Waals surface area (Å²) < 4.78 is 4.23. The number of nitrogens with zero attached hydrogens (tertiary/aromatic N) is 2. The Labute approximate surface area is 92.5 Å². The predicted molar refractivity (Wildman–Crippen MR) is 62.6 cm³/mol. The largest absolute Gasteiger partial charge is 0.220 e. The molecule has 5 heteroatoms. The molecule has 0 aliphatic carbocycles. The lowest BCUT2D eigenvalue weighted by Crippen LogP contribution is -1.85. The zero-order chi connectivity index (χ0) is 9.97. The molecular weight excluding hydrogens is 214 g/mol. The number of aromatic nitrogens is 2. The van der Waals surface area contributed by atoms with E-state index in [1.165, 1.54) is 11.5 Å². The molecule has 0 aliphatic heterocycles. The van der Waals surface area contributed by atoms with Crippen LogP contribution in [-0.4, -0.2) is 17.2 Å². The van der Waals surface area contributed by atoms with Gasteiger partial charge in [0.15, 0.2) is 0 Å². The van der Waals surface area contributed by atoms with Crippen molar-refractivity contribution in [1.82, 2.24) is 9.36 Å². The minimum absolute atomic E-state index is 0.744. The van der Waals surface area contributed by atoms with Crippen molar-refractivity contribution in [3.8, 4) is 10.6 Å². The standard InChI is InChI=1S/C9H8BClN2S/c10-5-8-12-9(14-13-8)6-1-3-7(11)4-2-6/h1-4H,5,10H2. The van der Waals surface area contributed by atoms with Gasteiger partial charge in [0.05, 0.1) is 0 Å². The Morgan fingerprint density at radius 1 is 1.29 bits per heavy atom. The van der Waals surface area contributed by atoms with E-state index in [4.69, 9.17) is 11.6 Å². The first kappa shape index (κ1) is 9.68. The summed E-state index contributed by atoms with van der Waals surface area (Å²) in [6.07, 6.45) is 0.879. The van der Waals surface area contributed by atoms with E-state index in [0.717, 1.165) is 27.7 Å². The predicted octanol–water partition coefficient (Wildman–Crippen LogP) is 1.99. The minimum atomic E-state index is 0.744. The van der Waals surface area contributed by atoms with Crippen molar-refractivity contribution in [2.75, 3.05) is 0 Å². The molecule has 0 unspecified atom stereocenters. The molecule has 0 N–H and O–H groups in total. The number of hydrogen-bond donors (Lipinski definition) is 0. The smallest absolute Gasteiger partial charge is 0.144 e. The Morgan fingerprint density at radius 2 is 2.00 bits per heavy atom. The molecule has 1 aromatic heterocycles. The monoisotopic (exact) mass is 222 g/mol. The lowest BCUT2D eigenvalue weighted by atomic mass is 10.1. The maximum atomic E-state index is 5.80. The van der Waals surface area contributed by atoms with Gasteiger partial charge in [-0.2, -0.15) is 4.37 Å². The Morgan fingerprint density at radius 3 is 2.57 bits per heavy atom. The Bertz CT molecular complexity index is 427. The molecule has 0 saturated heterocycles. The molecule has 70 valence electrons. The molecule has 14 heavy (non-hydrogen) atoms. The van der Waals surface area contributed by atoms with Crippen LogP contribution in [0.15, 0.2) is 24.3 Å². The van der Waals surface area contributed by atoms with Gasteiger partial charge in [-0.1, -0.05) is 23.7 Å². The molecule has 0 aliphatic rings. The SMILES string of the molecule is BCc1nsc(-c2ccc(Cl)cc2)n1. The van der Waals surface area contributed by atoms with Crippen molar-refractivity contribution in [3.05, 3.63) is 35.1 Å². The van der Waals surface area contributed by atoms with E-state index in [0.29, 0.717) is 0 Å². The third kappa shape index (κ3) is 1.96. The number of hydrogen-bond acceptors (Lipinski definition) is 3. The fraction of sp³-hybridized carbons (Fsp3) is 0.111. The van der Waals surface area contributed by atoms with Gasteiger partial charge in [-0.25, -0.2) is 4.98 Å². The van der Waals surface area contributed by atoms with Crippen LogP contribution >= 0.6 is 23.1 Å². The Kier molecular flexibility index (Phi) is 2.84. The van der Waals surface area contributed by atoms with Crippen LogP contribution < -0.4 is 0 Å². The molecule has 2 aromatic rings. The average molecular weight is 223 g/mol. The summed E-state index contributed by atoms with van der Waals surface area (Å²) in [5.41, 5.74) is 1.08. The quantitative estimate of drug-likeness (QED) is 0.726. The highest BCUT2D eigenvalue weighted by Gasteiger charge is 2.04. The van der Waals surface area contributed by atoms with Crippen LogP contribution in [0.5, 0.6) is 0 Å². The van der Waals surface area contributed by atoms with Gasteiger partial charge in [-0.05, 0) is 30.0 Å². The summed E-state index contributed by atoms with van der Waals surface area (Å²) in [4.78, 5) is 4.39. The van der Waals surface area contributed by atoms with Gasteiger partial charge in [0.1, 0.15) is 18.7 Å². The summed E-state index contributed by atoms with van der Waals surface area (Å²) in [6.45, 7) is 0. The van der Waals surface area contributed by atoms with Gasteiger partial charge in [0, 0.05) is 10.6 Å². The van der Waals surface area contributed by atoms with Crippen LogP contribution in [0, 0.1) is 0 Å². The number of halogens is 1. The van der Waals surface area contributed by atoms with Crippen LogP contribution in [0.25, 0.3) is 10.6 Å². The first-order chi connectivity index (χ1) is 6.79. The summed E-state index contributed by atoms with van der Waals surface area (Å²) in [7, 11) is 2.05. The van der Waals surface area contributed by atoms with Crippen molar-refractivity contribution in [2.24, 2.45) is 0 Å². The molecule has 2 rings (SSSR count). The summed E-state index contributed by atoms with van der Waals surface area (Å²) in [5.74, 6) is 0.903. The van der Waals surface area contributed by atoms with Gasteiger partial charge in [0.25, 0.3) is 0 Å². The Hall–Kier alpha value is -0.865. The molecule has 0 fully saturated rings. The van der Waals surface area contributed by atoms with Gasteiger partial charge < -0.3 is 0 Å². The average Bonchev–Trinajstić information content (AvgIpc) is 2.67. The van der Waals surface area contributed by atoms with Crippen molar-refractivity contribution >= 4 is 31.0 Å². The molecule has 0 amide bonds. The lowest BCUT2D eigenvalue weighted by Gasteiger charge is -1.94. The first-order valence-corrected chi connectivity index (χ1v) is 5.53. The van der Waals surface area contributed by atoms with Crippen LogP contribution in [0.4, 0.5) is 0 Å². The van der Waals surface area contributed by atoms with Crippen LogP contribution in [0.1, 0.15) is 5.82 Å². The molecule has 0 atom stereocenters. The van der Waals surface area contributed by atoms with Crippen molar-refractivity contribution in [3.63, 3.8) is 0 Å². The third-order valence-corrected chi connectivity index (χ3v) is 2.93. The zero-order valence-corrected chi connectivity index (χ0v) is 9.27. The fourth-order valence-corrected chi connectivity index (χ4v) is 1.98. The maximum absolute atomic E-state index is 5.80. The molecule has 2 nitrogen and oxygen atoms in total. The molecule has 1 aromatic carbocycles. The van der Waals surface area contributed by atoms with Crippen LogP contribution in [-0.2, 0) is 6.32 Å². The highest BCUT2D eigenvalue weighted by molar-refractivity contribution is 7.09. The van der Waals surface area contributed by atoms with E-state index in [9.17, 15) is 0 Å². The molecular formula is C9H8BClN2S. The highest BCUT2D eigenvalue weighted by atomic mass is 35.5. The molecule has 0 spiro atoms. The van der Waals surface area contributed by atoms with E-state index in [-0.39, 0.29) is 0 Å². The lowest BCUT2D eigenvalue weighted by molar-refractivity contribution is 1.13. The van der Waals surface area contributed by atoms with Gasteiger partial charge in [-0.3, -0.25) is 0 Å². The summed E-state index contributed by atoms with van der Waals surface area (Å²) in [6, 6.07) is 7.65. The van der Waals surface area contributed by atoms with Crippen LogP contribution in [0.3, 0.4) is 0 Å². The molecule has 0 saturated carbocycles. The molecule has 1 heterocycles. The maximum Gasteiger partial charge on any atom is 0.144 e. The number of rotatable bonds is 2.